The van der Waals surface area contributed by atoms with E-state index in [4.69, 9.17) is 0 Å². The third kappa shape index (κ3) is 6.07. The quantitative estimate of drug-likeness (QED) is 0.784. The fraction of sp³-hybridized carbons (Fsp3) is 0.611. The summed E-state index contributed by atoms with van der Waals surface area (Å²) < 4.78 is 0. The summed E-state index contributed by atoms with van der Waals surface area (Å²) in [6.45, 7) is 8.00. The van der Waals surface area contributed by atoms with Crippen molar-refractivity contribution in [3.63, 3.8) is 0 Å². The molecule has 2 N–H and O–H groups in total. The molecule has 0 bridgehead atoms. The zero-order valence-corrected chi connectivity index (χ0v) is 15.3. The average molecular weight is 336 g/mol. The summed E-state index contributed by atoms with van der Waals surface area (Å²) >= 11 is 1.82. The Morgan fingerprint density at radius 1 is 1.30 bits per heavy atom. The second kappa shape index (κ2) is 9.18. The molecule has 2 rings (SSSR count). The minimum Gasteiger partial charge on any atom is -0.338 e. The van der Waals surface area contributed by atoms with Crippen LogP contribution in [0.5, 0.6) is 0 Å². The van der Waals surface area contributed by atoms with Crippen molar-refractivity contribution >= 4 is 17.8 Å². The van der Waals surface area contributed by atoms with Crippen molar-refractivity contribution in [1.82, 2.24) is 15.5 Å². The van der Waals surface area contributed by atoms with Gasteiger partial charge in [0.2, 0.25) is 0 Å². The first-order chi connectivity index (χ1) is 11.1. The van der Waals surface area contributed by atoms with Crippen LogP contribution in [0.15, 0.2) is 29.2 Å². The van der Waals surface area contributed by atoms with Crippen LogP contribution in [0, 0.1) is 5.92 Å². The molecule has 0 spiro atoms. The Morgan fingerprint density at radius 3 is 2.65 bits per heavy atom. The van der Waals surface area contributed by atoms with Crippen LogP contribution in [0.3, 0.4) is 0 Å². The SMILES string of the molecule is CSc1ccccc1CN1CCC(CNC(=O)NC(C)C)CC1. The van der Waals surface area contributed by atoms with Crippen molar-refractivity contribution in [1.29, 1.82) is 0 Å². The largest absolute Gasteiger partial charge is 0.338 e. The fourth-order valence-corrected chi connectivity index (χ4v) is 3.58. The lowest BCUT2D eigenvalue weighted by Crippen LogP contribution is -2.43. The highest BCUT2D eigenvalue weighted by atomic mass is 32.2. The predicted octanol–water partition coefficient (Wildman–Crippen LogP) is 3.33. The lowest BCUT2D eigenvalue weighted by Gasteiger charge is -2.32. The number of hydrogen-bond donors (Lipinski definition) is 2. The Hall–Kier alpha value is -1.20. The molecule has 0 atom stereocenters. The van der Waals surface area contributed by atoms with E-state index in [0.717, 1.165) is 39.0 Å². The van der Waals surface area contributed by atoms with Crippen molar-refractivity contribution in [2.24, 2.45) is 5.92 Å². The van der Waals surface area contributed by atoms with Crippen LogP contribution in [0.4, 0.5) is 4.79 Å². The van der Waals surface area contributed by atoms with Crippen LogP contribution in [0.1, 0.15) is 32.3 Å². The smallest absolute Gasteiger partial charge is 0.314 e. The summed E-state index contributed by atoms with van der Waals surface area (Å²) in [5, 5.41) is 5.87. The molecule has 0 aliphatic carbocycles. The number of carbonyl (C=O) groups excluding carboxylic acids is 1. The first-order valence-corrected chi connectivity index (χ1v) is 9.69. The molecule has 1 aromatic carbocycles. The second-order valence-corrected chi connectivity index (χ2v) is 7.39. The Labute approximate surface area is 144 Å². The summed E-state index contributed by atoms with van der Waals surface area (Å²) in [6.07, 6.45) is 4.45. The van der Waals surface area contributed by atoms with E-state index >= 15 is 0 Å². The van der Waals surface area contributed by atoms with E-state index in [1.807, 2.05) is 25.6 Å². The Balaban J connectivity index is 1.72. The molecule has 23 heavy (non-hydrogen) atoms. The van der Waals surface area contributed by atoms with E-state index in [0.29, 0.717) is 5.92 Å². The van der Waals surface area contributed by atoms with Crippen molar-refractivity contribution in [3.05, 3.63) is 29.8 Å². The van der Waals surface area contributed by atoms with Crippen molar-refractivity contribution in [3.8, 4) is 0 Å². The van der Waals surface area contributed by atoms with Crippen LogP contribution in [-0.4, -0.2) is 42.9 Å². The normalized spacial score (nSPS) is 16.5. The van der Waals surface area contributed by atoms with Gasteiger partial charge in [0.05, 0.1) is 0 Å². The zero-order valence-electron chi connectivity index (χ0n) is 14.5. The highest BCUT2D eigenvalue weighted by Gasteiger charge is 2.20. The van der Waals surface area contributed by atoms with Gasteiger partial charge in [0.15, 0.2) is 0 Å². The Kier molecular flexibility index (Phi) is 7.24. The maximum absolute atomic E-state index is 11.6. The van der Waals surface area contributed by atoms with Crippen LogP contribution in [-0.2, 0) is 6.54 Å². The molecule has 4 nitrogen and oxygen atoms in total. The van der Waals surface area contributed by atoms with Gasteiger partial charge in [-0.15, -0.1) is 11.8 Å². The number of thioether (sulfide) groups is 1. The number of benzene rings is 1. The molecular formula is C18H29N3OS. The minimum atomic E-state index is -0.0451. The van der Waals surface area contributed by atoms with Gasteiger partial charge in [-0.1, -0.05) is 18.2 Å². The van der Waals surface area contributed by atoms with Gasteiger partial charge in [-0.25, -0.2) is 4.79 Å². The lowest BCUT2D eigenvalue weighted by atomic mass is 9.96. The molecule has 0 unspecified atom stereocenters. The summed E-state index contributed by atoms with van der Waals surface area (Å²) in [5.74, 6) is 0.597. The summed E-state index contributed by atoms with van der Waals surface area (Å²) in [7, 11) is 0. The molecule has 2 amide bonds. The van der Waals surface area contributed by atoms with E-state index in [9.17, 15) is 4.79 Å². The van der Waals surface area contributed by atoms with Gasteiger partial charge in [-0.3, -0.25) is 4.90 Å². The molecular weight excluding hydrogens is 306 g/mol. The number of hydrogen-bond acceptors (Lipinski definition) is 3. The molecule has 0 aromatic heterocycles. The minimum absolute atomic E-state index is 0.0451. The van der Waals surface area contributed by atoms with Crippen LogP contribution in [0.25, 0.3) is 0 Å². The molecule has 1 heterocycles. The highest BCUT2D eigenvalue weighted by Crippen LogP contribution is 2.24. The summed E-state index contributed by atoms with van der Waals surface area (Å²) in [6, 6.07) is 8.80. The van der Waals surface area contributed by atoms with Crippen molar-refractivity contribution in [2.75, 3.05) is 25.9 Å². The van der Waals surface area contributed by atoms with Crippen LogP contribution >= 0.6 is 11.8 Å². The topological polar surface area (TPSA) is 44.4 Å². The van der Waals surface area contributed by atoms with Crippen molar-refractivity contribution < 1.29 is 4.79 Å². The van der Waals surface area contributed by atoms with Gasteiger partial charge in [0.1, 0.15) is 0 Å². The van der Waals surface area contributed by atoms with Gasteiger partial charge < -0.3 is 10.6 Å². The van der Waals surface area contributed by atoms with E-state index in [-0.39, 0.29) is 12.1 Å². The van der Waals surface area contributed by atoms with Crippen LogP contribution in [0.2, 0.25) is 0 Å². The second-order valence-electron chi connectivity index (χ2n) is 6.54. The summed E-state index contributed by atoms with van der Waals surface area (Å²) in [5.41, 5.74) is 1.42. The number of likely N-dealkylation sites (tertiary alicyclic amines) is 1. The molecule has 5 heteroatoms. The lowest BCUT2D eigenvalue weighted by molar-refractivity contribution is 0.173. The van der Waals surface area contributed by atoms with Gasteiger partial charge in [-0.05, 0) is 63.6 Å². The Morgan fingerprint density at radius 2 is 2.00 bits per heavy atom. The third-order valence-corrected chi connectivity index (χ3v) is 5.10. The summed E-state index contributed by atoms with van der Waals surface area (Å²) in [4.78, 5) is 15.5. The first-order valence-electron chi connectivity index (χ1n) is 8.47. The standard InChI is InChI=1S/C18H29N3OS/c1-14(2)20-18(22)19-12-15-8-10-21(11-9-15)13-16-6-4-5-7-17(16)23-3/h4-7,14-15H,8-13H2,1-3H3,(H2,19,20,22). The monoisotopic (exact) mass is 335 g/mol. The number of rotatable bonds is 6. The number of nitrogens with zero attached hydrogens (tertiary/aromatic N) is 1. The molecule has 1 aliphatic rings. The number of piperidine rings is 1. The predicted molar refractivity (Wildman–Crippen MR) is 97.9 cm³/mol. The van der Waals surface area contributed by atoms with E-state index in [2.05, 4.69) is 46.1 Å². The number of urea groups is 1. The van der Waals surface area contributed by atoms with Gasteiger partial charge in [0, 0.05) is 24.0 Å². The van der Waals surface area contributed by atoms with Gasteiger partial charge in [-0.2, -0.15) is 0 Å². The maximum Gasteiger partial charge on any atom is 0.314 e. The number of carbonyl (C=O) groups is 1. The number of nitrogens with one attached hydrogen (secondary N) is 2. The number of amides is 2. The van der Waals surface area contributed by atoms with E-state index in [1.165, 1.54) is 10.5 Å². The first kappa shape index (κ1) is 18.1. The van der Waals surface area contributed by atoms with Gasteiger partial charge >= 0.3 is 6.03 Å². The van der Waals surface area contributed by atoms with Crippen LogP contribution < -0.4 is 10.6 Å². The Bertz CT molecular complexity index is 499. The van der Waals surface area contributed by atoms with Gasteiger partial charge in [0.25, 0.3) is 0 Å². The van der Waals surface area contributed by atoms with E-state index in [1.54, 1.807) is 0 Å². The molecule has 128 valence electrons. The van der Waals surface area contributed by atoms with Crippen molar-refractivity contribution in [2.45, 2.75) is 44.2 Å². The highest BCUT2D eigenvalue weighted by molar-refractivity contribution is 7.98. The molecule has 1 saturated heterocycles. The molecule has 0 radical (unpaired) electrons. The average Bonchev–Trinajstić information content (AvgIpc) is 2.54. The fourth-order valence-electron chi connectivity index (χ4n) is 2.97. The molecule has 0 saturated carbocycles. The maximum atomic E-state index is 11.6. The molecule has 1 aromatic rings. The van der Waals surface area contributed by atoms with E-state index < -0.39 is 0 Å². The molecule has 1 aliphatic heterocycles. The molecule has 1 fully saturated rings. The zero-order chi connectivity index (χ0) is 16.7. The third-order valence-electron chi connectivity index (χ3n) is 4.26.